The highest BCUT2D eigenvalue weighted by Gasteiger charge is 2.09. The van der Waals surface area contributed by atoms with E-state index in [1.165, 1.54) is 41.9 Å². The summed E-state index contributed by atoms with van der Waals surface area (Å²) in [5.41, 5.74) is 2.11. The van der Waals surface area contributed by atoms with Crippen LogP contribution in [0.4, 0.5) is 0 Å². The third-order valence-electron chi connectivity index (χ3n) is 4.56. The van der Waals surface area contributed by atoms with Crippen molar-refractivity contribution in [3.63, 3.8) is 0 Å². The van der Waals surface area contributed by atoms with Crippen LogP contribution in [0.15, 0.2) is 22.9 Å². The number of aryl methyl sites for hydroxylation is 2. The maximum atomic E-state index is 12.0. The fourth-order valence-electron chi connectivity index (χ4n) is 2.91. The SMILES string of the molecule is Cc1ccsc1C(=O)NCCCCCCCCCNC(=O)c1sccc1C. The van der Waals surface area contributed by atoms with Crippen molar-refractivity contribution in [1.82, 2.24) is 10.6 Å². The number of hydrogen-bond acceptors (Lipinski definition) is 4. The highest BCUT2D eigenvalue weighted by atomic mass is 32.1. The van der Waals surface area contributed by atoms with E-state index in [1.54, 1.807) is 0 Å². The molecule has 2 amide bonds. The lowest BCUT2D eigenvalue weighted by molar-refractivity contribution is 0.0948. The molecular weight excluding hydrogens is 376 g/mol. The molecule has 0 aliphatic carbocycles. The number of carbonyl (C=O) groups is 2. The van der Waals surface area contributed by atoms with E-state index in [9.17, 15) is 9.59 Å². The molecule has 0 bridgehead atoms. The molecule has 0 saturated heterocycles. The molecule has 4 nitrogen and oxygen atoms in total. The maximum Gasteiger partial charge on any atom is 0.261 e. The number of rotatable bonds is 12. The lowest BCUT2D eigenvalue weighted by atomic mass is 10.1. The fraction of sp³-hybridized carbons (Fsp3) is 0.524. The van der Waals surface area contributed by atoms with Gasteiger partial charge in [0.1, 0.15) is 0 Å². The van der Waals surface area contributed by atoms with Gasteiger partial charge in [0.2, 0.25) is 0 Å². The molecule has 0 saturated carbocycles. The second-order valence-corrected chi connectivity index (χ2v) is 8.68. The Bertz CT molecular complexity index is 661. The molecule has 148 valence electrons. The molecule has 0 unspecified atom stereocenters. The van der Waals surface area contributed by atoms with Gasteiger partial charge < -0.3 is 10.6 Å². The van der Waals surface area contributed by atoms with E-state index in [4.69, 9.17) is 0 Å². The molecule has 27 heavy (non-hydrogen) atoms. The van der Waals surface area contributed by atoms with Gasteiger partial charge >= 0.3 is 0 Å². The zero-order valence-electron chi connectivity index (χ0n) is 16.3. The summed E-state index contributed by atoms with van der Waals surface area (Å²) in [7, 11) is 0. The average Bonchev–Trinajstić information content (AvgIpc) is 3.27. The number of thiophene rings is 2. The van der Waals surface area contributed by atoms with E-state index < -0.39 is 0 Å². The molecule has 0 atom stereocenters. The van der Waals surface area contributed by atoms with Crippen LogP contribution >= 0.6 is 22.7 Å². The largest absolute Gasteiger partial charge is 0.351 e. The number of carbonyl (C=O) groups excluding carboxylic acids is 2. The lowest BCUT2D eigenvalue weighted by Crippen LogP contribution is -2.24. The molecule has 0 aliphatic heterocycles. The minimum Gasteiger partial charge on any atom is -0.351 e. The van der Waals surface area contributed by atoms with Gasteiger partial charge in [-0.05, 0) is 60.7 Å². The van der Waals surface area contributed by atoms with Gasteiger partial charge in [-0.1, -0.05) is 32.1 Å². The molecule has 0 aromatic carbocycles. The van der Waals surface area contributed by atoms with Gasteiger partial charge in [-0.2, -0.15) is 0 Å². The van der Waals surface area contributed by atoms with Crippen LogP contribution in [-0.4, -0.2) is 24.9 Å². The number of hydrogen-bond donors (Lipinski definition) is 2. The van der Waals surface area contributed by atoms with Crippen LogP contribution in [0.2, 0.25) is 0 Å². The third-order valence-corrected chi connectivity index (χ3v) is 6.59. The van der Waals surface area contributed by atoms with Crippen LogP contribution in [0.1, 0.15) is 75.4 Å². The van der Waals surface area contributed by atoms with Crippen molar-refractivity contribution in [2.45, 2.75) is 58.8 Å². The normalized spacial score (nSPS) is 10.7. The summed E-state index contributed by atoms with van der Waals surface area (Å²) in [5.74, 6) is 0.115. The van der Waals surface area contributed by atoms with Crippen LogP contribution in [0, 0.1) is 13.8 Å². The van der Waals surface area contributed by atoms with Crippen LogP contribution in [0.3, 0.4) is 0 Å². The molecule has 2 aromatic rings. The summed E-state index contributed by atoms with van der Waals surface area (Å²) in [6.07, 6.45) is 7.99. The molecule has 2 N–H and O–H groups in total. The Labute approximate surface area is 170 Å². The first-order valence-electron chi connectivity index (χ1n) is 9.74. The number of unbranched alkanes of at least 4 members (excludes halogenated alkanes) is 6. The van der Waals surface area contributed by atoms with Crippen LogP contribution in [-0.2, 0) is 0 Å². The highest BCUT2D eigenvalue weighted by molar-refractivity contribution is 7.12. The topological polar surface area (TPSA) is 58.2 Å². The average molecular weight is 407 g/mol. The van der Waals surface area contributed by atoms with Gasteiger partial charge in [0.15, 0.2) is 0 Å². The van der Waals surface area contributed by atoms with Crippen molar-refractivity contribution < 1.29 is 9.59 Å². The number of nitrogens with one attached hydrogen (secondary N) is 2. The van der Waals surface area contributed by atoms with Crippen molar-refractivity contribution in [2.75, 3.05) is 13.1 Å². The van der Waals surface area contributed by atoms with Crippen molar-refractivity contribution in [3.05, 3.63) is 43.8 Å². The monoisotopic (exact) mass is 406 g/mol. The highest BCUT2D eigenvalue weighted by Crippen LogP contribution is 2.16. The first-order valence-corrected chi connectivity index (χ1v) is 11.5. The molecule has 2 rings (SSSR count). The first-order chi connectivity index (χ1) is 13.1. The van der Waals surface area contributed by atoms with E-state index >= 15 is 0 Å². The molecule has 0 spiro atoms. The quantitative estimate of drug-likeness (QED) is 0.469. The Morgan fingerprint density at radius 2 is 1.07 bits per heavy atom. The Morgan fingerprint density at radius 3 is 1.41 bits per heavy atom. The molecule has 6 heteroatoms. The lowest BCUT2D eigenvalue weighted by Gasteiger charge is -2.06. The van der Waals surface area contributed by atoms with E-state index in [0.29, 0.717) is 0 Å². The smallest absolute Gasteiger partial charge is 0.261 e. The number of amides is 2. The van der Waals surface area contributed by atoms with Gasteiger partial charge in [-0.25, -0.2) is 0 Å². The maximum absolute atomic E-state index is 12.0. The van der Waals surface area contributed by atoms with Gasteiger partial charge in [-0.3, -0.25) is 9.59 Å². The van der Waals surface area contributed by atoms with Crippen molar-refractivity contribution in [2.24, 2.45) is 0 Å². The van der Waals surface area contributed by atoms with Crippen LogP contribution < -0.4 is 10.6 Å². The summed E-state index contributed by atoms with van der Waals surface area (Å²) < 4.78 is 0. The Balaban J connectivity index is 1.40. The fourth-order valence-corrected chi connectivity index (χ4v) is 4.59. The molecular formula is C21H30N2O2S2. The molecule has 0 aliphatic rings. The van der Waals surface area contributed by atoms with Crippen molar-refractivity contribution >= 4 is 34.5 Å². The standard InChI is InChI=1S/C21H30N2O2S2/c1-16-10-14-26-18(16)20(24)22-12-8-6-4-3-5-7-9-13-23-21(25)19-17(2)11-15-27-19/h10-11,14-15H,3-9,12-13H2,1-2H3,(H,22,24)(H,23,25). The summed E-state index contributed by atoms with van der Waals surface area (Å²) in [4.78, 5) is 25.6. The minimum atomic E-state index is 0.0577. The third kappa shape index (κ3) is 7.46. The summed E-state index contributed by atoms with van der Waals surface area (Å²) >= 11 is 3.01. The van der Waals surface area contributed by atoms with E-state index in [0.717, 1.165) is 59.7 Å². The summed E-state index contributed by atoms with van der Waals surface area (Å²) in [5, 5.41) is 9.92. The van der Waals surface area contributed by atoms with Gasteiger partial charge in [0.25, 0.3) is 11.8 Å². The van der Waals surface area contributed by atoms with E-state index in [2.05, 4.69) is 10.6 Å². The Kier molecular flexibility index (Phi) is 9.56. The van der Waals surface area contributed by atoms with Crippen molar-refractivity contribution in [3.8, 4) is 0 Å². The second-order valence-electron chi connectivity index (χ2n) is 6.85. The van der Waals surface area contributed by atoms with Crippen LogP contribution in [0.5, 0.6) is 0 Å². The van der Waals surface area contributed by atoms with E-state index in [-0.39, 0.29) is 11.8 Å². The predicted octanol–water partition coefficient (Wildman–Crippen LogP) is 5.32. The summed E-state index contributed by atoms with van der Waals surface area (Å²) in [6, 6.07) is 3.96. The molecule has 0 fully saturated rings. The second kappa shape index (κ2) is 11.9. The molecule has 2 heterocycles. The Morgan fingerprint density at radius 1 is 0.704 bits per heavy atom. The first kappa shape index (κ1) is 21.6. The zero-order valence-corrected chi connectivity index (χ0v) is 17.9. The van der Waals surface area contributed by atoms with Gasteiger partial charge in [-0.15, -0.1) is 22.7 Å². The van der Waals surface area contributed by atoms with Gasteiger partial charge in [0.05, 0.1) is 9.75 Å². The molecule has 0 radical (unpaired) electrons. The Hall–Kier alpha value is -1.66. The van der Waals surface area contributed by atoms with Crippen LogP contribution in [0.25, 0.3) is 0 Å². The van der Waals surface area contributed by atoms with E-state index in [1.807, 2.05) is 36.7 Å². The minimum absolute atomic E-state index is 0.0577. The van der Waals surface area contributed by atoms with Crippen molar-refractivity contribution in [1.29, 1.82) is 0 Å². The zero-order chi connectivity index (χ0) is 19.5. The predicted molar refractivity (Wildman–Crippen MR) is 115 cm³/mol. The molecule has 2 aromatic heterocycles. The van der Waals surface area contributed by atoms with Gasteiger partial charge in [0, 0.05) is 13.1 Å². The summed E-state index contributed by atoms with van der Waals surface area (Å²) in [6.45, 7) is 5.45.